The van der Waals surface area contributed by atoms with E-state index in [-0.39, 0.29) is 0 Å². The first-order valence-electron chi connectivity index (χ1n) is 4.02. The first kappa shape index (κ1) is 8.31. The van der Waals surface area contributed by atoms with Crippen LogP contribution in [0.2, 0.25) is 0 Å². The van der Waals surface area contributed by atoms with Crippen LogP contribution in [0.5, 0.6) is 0 Å². The first-order chi connectivity index (χ1) is 6.34. The van der Waals surface area contributed by atoms with Crippen LogP contribution in [0.3, 0.4) is 0 Å². The van der Waals surface area contributed by atoms with E-state index in [1.165, 1.54) is 5.56 Å². The molecule has 0 amide bonds. The standard InChI is InChI=1S/C9H10N2OS/c1-7-4-10-9(12-7)11-5-8-2-3-13-6-8/h2-4,6H,5H2,1H3,(H,10,11). The molecule has 1 N–H and O–H groups in total. The molecule has 2 rings (SSSR count). The number of nitrogens with zero attached hydrogens (tertiary/aromatic N) is 1. The third-order valence-electron chi connectivity index (χ3n) is 1.65. The lowest BCUT2D eigenvalue weighted by molar-refractivity contribution is 0.540. The Morgan fingerprint density at radius 3 is 3.15 bits per heavy atom. The molecule has 0 aromatic carbocycles. The molecule has 4 heteroatoms. The molecule has 0 fully saturated rings. The molecule has 2 aromatic heterocycles. The van der Waals surface area contributed by atoms with Crippen molar-refractivity contribution in [3.05, 3.63) is 34.3 Å². The highest BCUT2D eigenvalue weighted by Crippen LogP contribution is 2.11. The maximum Gasteiger partial charge on any atom is 0.294 e. The van der Waals surface area contributed by atoms with E-state index in [0.29, 0.717) is 6.01 Å². The van der Waals surface area contributed by atoms with Gasteiger partial charge < -0.3 is 9.73 Å². The van der Waals surface area contributed by atoms with Crippen LogP contribution < -0.4 is 5.32 Å². The van der Waals surface area contributed by atoms with E-state index >= 15 is 0 Å². The average molecular weight is 194 g/mol. The van der Waals surface area contributed by atoms with Crippen LogP contribution in [0.4, 0.5) is 6.01 Å². The minimum Gasteiger partial charge on any atom is -0.429 e. The zero-order valence-corrected chi connectivity index (χ0v) is 8.10. The summed E-state index contributed by atoms with van der Waals surface area (Å²) in [6.45, 7) is 2.65. The van der Waals surface area contributed by atoms with Crippen LogP contribution in [-0.4, -0.2) is 4.98 Å². The summed E-state index contributed by atoms with van der Waals surface area (Å²) in [4.78, 5) is 4.04. The summed E-state index contributed by atoms with van der Waals surface area (Å²) in [5, 5.41) is 7.25. The summed E-state index contributed by atoms with van der Waals surface area (Å²) in [5.74, 6) is 0.827. The second kappa shape index (κ2) is 3.62. The number of oxazole rings is 1. The summed E-state index contributed by atoms with van der Waals surface area (Å²) in [5.41, 5.74) is 1.25. The summed E-state index contributed by atoms with van der Waals surface area (Å²) in [6.07, 6.45) is 1.70. The molecule has 0 aliphatic heterocycles. The number of thiophene rings is 1. The minimum absolute atomic E-state index is 0.587. The lowest BCUT2D eigenvalue weighted by Crippen LogP contribution is -1.97. The van der Waals surface area contributed by atoms with Crippen LogP contribution in [0.25, 0.3) is 0 Å². The maximum atomic E-state index is 5.26. The molecule has 0 atom stereocenters. The SMILES string of the molecule is Cc1cnc(NCc2ccsc2)o1. The maximum absolute atomic E-state index is 5.26. The van der Waals surface area contributed by atoms with Gasteiger partial charge in [-0.2, -0.15) is 11.3 Å². The molecule has 0 aliphatic carbocycles. The van der Waals surface area contributed by atoms with Crippen LogP contribution >= 0.6 is 11.3 Å². The lowest BCUT2D eigenvalue weighted by atomic mass is 10.3. The van der Waals surface area contributed by atoms with Crippen LogP contribution in [0, 0.1) is 6.92 Å². The van der Waals surface area contributed by atoms with Gasteiger partial charge in [-0.25, -0.2) is 4.98 Å². The molecule has 13 heavy (non-hydrogen) atoms. The molecule has 2 aromatic rings. The molecule has 0 bridgehead atoms. The molecule has 68 valence electrons. The second-order valence-corrected chi connectivity index (χ2v) is 3.54. The van der Waals surface area contributed by atoms with E-state index in [2.05, 4.69) is 27.1 Å². The molecule has 0 unspecified atom stereocenters. The Bertz CT molecular complexity index is 367. The van der Waals surface area contributed by atoms with Gasteiger partial charge in [0.1, 0.15) is 5.76 Å². The van der Waals surface area contributed by atoms with Crippen molar-refractivity contribution < 1.29 is 4.42 Å². The number of hydrogen-bond acceptors (Lipinski definition) is 4. The van der Waals surface area contributed by atoms with Crippen molar-refractivity contribution in [3.8, 4) is 0 Å². The van der Waals surface area contributed by atoms with E-state index < -0.39 is 0 Å². The smallest absolute Gasteiger partial charge is 0.294 e. The van der Waals surface area contributed by atoms with Crippen LogP contribution in [0.15, 0.2) is 27.4 Å². The fourth-order valence-corrected chi connectivity index (χ4v) is 1.68. The van der Waals surface area contributed by atoms with E-state index in [9.17, 15) is 0 Å². The highest BCUT2D eigenvalue weighted by Gasteiger charge is 1.99. The number of hydrogen-bond donors (Lipinski definition) is 1. The largest absolute Gasteiger partial charge is 0.429 e. The van der Waals surface area contributed by atoms with Crippen molar-refractivity contribution in [2.45, 2.75) is 13.5 Å². The zero-order valence-electron chi connectivity index (χ0n) is 7.28. The van der Waals surface area contributed by atoms with Crippen molar-refractivity contribution in [3.63, 3.8) is 0 Å². The van der Waals surface area contributed by atoms with E-state index in [1.54, 1.807) is 17.5 Å². The average Bonchev–Trinajstić information content (AvgIpc) is 2.71. The summed E-state index contributed by atoms with van der Waals surface area (Å²) in [6, 6.07) is 2.66. The number of aromatic nitrogens is 1. The molecule has 0 saturated carbocycles. The van der Waals surface area contributed by atoms with Gasteiger partial charge in [-0.05, 0) is 29.3 Å². The van der Waals surface area contributed by atoms with Crippen molar-refractivity contribution in [2.75, 3.05) is 5.32 Å². The molecule has 3 nitrogen and oxygen atoms in total. The van der Waals surface area contributed by atoms with Gasteiger partial charge in [0, 0.05) is 6.54 Å². The molecular weight excluding hydrogens is 184 g/mol. The van der Waals surface area contributed by atoms with Crippen LogP contribution in [0.1, 0.15) is 11.3 Å². The van der Waals surface area contributed by atoms with Gasteiger partial charge in [0.25, 0.3) is 6.01 Å². The Labute approximate surface area is 80.4 Å². The predicted molar refractivity (Wildman–Crippen MR) is 52.9 cm³/mol. The molecule has 0 saturated heterocycles. The van der Waals surface area contributed by atoms with E-state index in [0.717, 1.165) is 12.3 Å². The Morgan fingerprint density at radius 2 is 2.54 bits per heavy atom. The molecular formula is C9H10N2OS. The Hall–Kier alpha value is -1.29. The van der Waals surface area contributed by atoms with Crippen molar-refractivity contribution in [1.29, 1.82) is 0 Å². The van der Waals surface area contributed by atoms with Gasteiger partial charge in [0.15, 0.2) is 0 Å². The third kappa shape index (κ3) is 2.09. The molecule has 0 spiro atoms. The number of nitrogens with one attached hydrogen (secondary N) is 1. The summed E-state index contributed by atoms with van der Waals surface area (Å²) < 4.78 is 5.26. The van der Waals surface area contributed by atoms with Gasteiger partial charge in [-0.1, -0.05) is 0 Å². The van der Waals surface area contributed by atoms with E-state index in [4.69, 9.17) is 4.42 Å². The van der Waals surface area contributed by atoms with Crippen molar-refractivity contribution >= 4 is 17.4 Å². The van der Waals surface area contributed by atoms with E-state index in [1.807, 2.05) is 6.92 Å². The van der Waals surface area contributed by atoms with Crippen molar-refractivity contribution in [1.82, 2.24) is 4.98 Å². The fraction of sp³-hybridized carbons (Fsp3) is 0.222. The third-order valence-corrected chi connectivity index (χ3v) is 2.38. The minimum atomic E-state index is 0.587. The molecule has 0 radical (unpaired) electrons. The van der Waals surface area contributed by atoms with Gasteiger partial charge in [-0.15, -0.1) is 0 Å². The van der Waals surface area contributed by atoms with Crippen LogP contribution in [-0.2, 0) is 6.54 Å². The Kier molecular flexibility index (Phi) is 2.31. The summed E-state index contributed by atoms with van der Waals surface area (Å²) in [7, 11) is 0. The second-order valence-electron chi connectivity index (χ2n) is 2.76. The fourth-order valence-electron chi connectivity index (χ4n) is 1.01. The Balaban J connectivity index is 1.93. The van der Waals surface area contributed by atoms with Gasteiger partial charge in [-0.3, -0.25) is 0 Å². The Morgan fingerprint density at radius 1 is 1.62 bits per heavy atom. The first-order valence-corrected chi connectivity index (χ1v) is 4.96. The molecule has 0 aliphatic rings. The number of anilines is 1. The quantitative estimate of drug-likeness (QED) is 0.816. The zero-order chi connectivity index (χ0) is 9.10. The number of aryl methyl sites for hydroxylation is 1. The summed E-state index contributed by atoms with van der Waals surface area (Å²) >= 11 is 1.69. The monoisotopic (exact) mass is 194 g/mol. The van der Waals surface area contributed by atoms with Gasteiger partial charge in [0.2, 0.25) is 0 Å². The predicted octanol–water partition coefficient (Wildman–Crippen LogP) is 2.66. The normalized spacial score (nSPS) is 10.2. The lowest BCUT2D eigenvalue weighted by Gasteiger charge is -1.97. The highest BCUT2D eigenvalue weighted by atomic mass is 32.1. The topological polar surface area (TPSA) is 38.1 Å². The highest BCUT2D eigenvalue weighted by molar-refractivity contribution is 7.07. The van der Waals surface area contributed by atoms with Gasteiger partial charge >= 0.3 is 0 Å². The number of rotatable bonds is 3. The molecule has 2 heterocycles. The van der Waals surface area contributed by atoms with Crippen molar-refractivity contribution in [2.24, 2.45) is 0 Å². The van der Waals surface area contributed by atoms with Gasteiger partial charge in [0.05, 0.1) is 6.20 Å².